The highest BCUT2D eigenvalue weighted by Gasteiger charge is 2.38. The van der Waals surface area contributed by atoms with Gasteiger partial charge in [0.25, 0.3) is 0 Å². The van der Waals surface area contributed by atoms with Gasteiger partial charge in [0.2, 0.25) is 0 Å². The lowest BCUT2D eigenvalue weighted by Crippen LogP contribution is -2.39. The maximum Gasteiger partial charge on any atom is 0.343 e. The third kappa shape index (κ3) is 2.33. The van der Waals surface area contributed by atoms with E-state index in [0.29, 0.717) is 33.2 Å². The first-order chi connectivity index (χ1) is 12.2. The standard InChI is InChI=1S/C20H20O6/c1-9-5-10-6-11(24-4)7-13(21)16(10)18-15(9)17-12(19(22)26-18)8-14(25-17)20(2,3)23/h5-7,14,21,23H,8H2,1-4H3. The monoisotopic (exact) mass is 356 g/mol. The molecule has 2 heterocycles. The molecule has 1 aliphatic heterocycles. The Kier molecular flexibility index (Phi) is 3.46. The summed E-state index contributed by atoms with van der Waals surface area (Å²) in [7, 11) is 1.52. The zero-order chi connectivity index (χ0) is 18.8. The number of aromatic hydroxyl groups is 1. The topological polar surface area (TPSA) is 89.1 Å². The van der Waals surface area contributed by atoms with Gasteiger partial charge in [-0.05, 0) is 37.8 Å². The van der Waals surface area contributed by atoms with E-state index in [1.54, 1.807) is 19.9 Å². The first-order valence-electron chi connectivity index (χ1n) is 8.39. The van der Waals surface area contributed by atoms with Crippen LogP contribution in [0, 0.1) is 6.92 Å². The van der Waals surface area contributed by atoms with Crippen LogP contribution < -0.4 is 15.1 Å². The van der Waals surface area contributed by atoms with Crippen LogP contribution in [0.3, 0.4) is 0 Å². The van der Waals surface area contributed by atoms with Crippen molar-refractivity contribution >= 4 is 21.7 Å². The van der Waals surface area contributed by atoms with E-state index < -0.39 is 17.3 Å². The van der Waals surface area contributed by atoms with Gasteiger partial charge in [-0.3, -0.25) is 0 Å². The minimum atomic E-state index is -1.10. The minimum absolute atomic E-state index is 0.0375. The molecule has 6 heteroatoms. The molecule has 2 N–H and O–H groups in total. The van der Waals surface area contributed by atoms with E-state index in [9.17, 15) is 15.0 Å². The van der Waals surface area contributed by atoms with Gasteiger partial charge >= 0.3 is 5.63 Å². The lowest BCUT2D eigenvalue weighted by atomic mass is 9.96. The summed E-state index contributed by atoms with van der Waals surface area (Å²) in [4.78, 5) is 12.6. The van der Waals surface area contributed by atoms with Crippen LogP contribution in [-0.4, -0.2) is 29.0 Å². The molecule has 0 saturated carbocycles. The number of hydrogen-bond donors (Lipinski definition) is 2. The molecule has 1 unspecified atom stereocenters. The summed E-state index contributed by atoms with van der Waals surface area (Å²) in [5.74, 6) is 0.901. The van der Waals surface area contributed by atoms with Gasteiger partial charge in [-0.1, -0.05) is 6.07 Å². The van der Waals surface area contributed by atoms with Crippen molar-refractivity contribution in [3.63, 3.8) is 0 Å². The van der Waals surface area contributed by atoms with Crippen molar-refractivity contribution in [3.05, 3.63) is 39.7 Å². The van der Waals surface area contributed by atoms with E-state index in [4.69, 9.17) is 13.9 Å². The van der Waals surface area contributed by atoms with Crippen molar-refractivity contribution in [3.8, 4) is 17.2 Å². The predicted octanol–water partition coefficient (Wildman–Crippen LogP) is 3.04. The van der Waals surface area contributed by atoms with Crippen molar-refractivity contribution in [2.75, 3.05) is 7.11 Å². The van der Waals surface area contributed by atoms with Crippen molar-refractivity contribution in [1.29, 1.82) is 0 Å². The van der Waals surface area contributed by atoms with Crippen LogP contribution in [0.5, 0.6) is 17.2 Å². The average molecular weight is 356 g/mol. The van der Waals surface area contributed by atoms with Gasteiger partial charge in [-0.15, -0.1) is 0 Å². The van der Waals surface area contributed by atoms with Crippen LogP contribution in [0.2, 0.25) is 0 Å². The normalized spacial score (nSPS) is 16.7. The minimum Gasteiger partial charge on any atom is -0.507 e. The first-order valence-corrected chi connectivity index (χ1v) is 8.39. The van der Waals surface area contributed by atoms with Crippen molar-refractivity contribution in [2.24, 2.45) is 0 Å². The third-order valence-electron chi connectivity index (χ3n) is 4.96. The summed E-state index contributed by atoms with van der Waals surface area (Å²) in [5.41, 5.74) is -0.0730. The van der Waals surface area contributed by atoms with Gasteiger partial charge in [0, 0.05) is 12.5 Å². The zero-order valence-electron chi connectivity index (χ0n) is 15.0. The highest BCUT2D eigenvalue weighted by molar-refractivity contribution is 6.11. The maximum absolute atomic E-state index is 12.6. The van der Waals surface area contributed by atoms with Crippen LogP contribution >= 0.6 is 0 Å². The van der Waals surface area contributed by atoms with E-state index in [1.165, 1.54) is 13.2 Å². The lowest BCUT2D eigenvalue weighted by Gasteiger charge is -2.24. The number of aryl methyl sites for hydroxylation is 1. The number of fused-ring (bicyclic) bond motifs is 5. The van der Waals surface area contributed by atoms with E-state index in [-0.39, 0.29) is 17.8 Å². The average Bonchev–Trinajstić information content (AvgIpc) is 3.00. The van der Waals surface area contributed by atoms with Crippen LogP contribution in [0.25, 0.3) is 21.7 Å². The Hall–Kier alpha value is -2.73. The molecule has 0 spiro atoms. The number of methoxy groups -OCH3 is 1. The molecular weight excluding hydrogens is 336 g/mol. The highest BCUT2D eigenvalue weighted by atomic mass is 16.5. The van der Waals surface area contributed by atoms with E-state index >= 15 is 0 Å². The smallest absolute Gasteiger partial charge is 0.343 e. The molecule has 6 nitrogen and oxygen atoms in total. The lowest BCUT2D eigenvalue weighted by molar-refractivity contribution is -0.0225. The largest absolute Gasteiger partial charge is 0.507 e. The Morgan fingerprint density at radius 3 is 2.62 bits per heavy atom. The number of aliphatic hydroxyl groups is 1. The van der Waals surface area contributed by atoms with Gasteiger partial charge < -0.3 is 24.1 Å². The summed E-state index contributed by atoms with van der Waals surface area (Å²) < 4.78 is 16.8. The first kappa shape index (κ1) is 16.7. The summed E-state index contributed by atoms with van der Waals surface area (Å²) in [5, 5.41) is 22.5. The molecule has 0 radical (unpaired) electrons. The molecule has 1 aliphatic rings. The zero-order valence-corrected chi connectivity index (χ0v) is 15.0. The number of phenolic OH excluding ortho intramolecular Hbond substituents is 1. The van der Waals surface area contributed by atoms with Gasteiger partial charge in [0.15, 0.2) is 5.58 Å². The number of ether oxygens (including phenoxy) is 2. The summed E-state index contributed by atoms with van der Waals surface area (Å²) in [6.45, 7) is 5.18. The molecule has 136 valence electrons. The molecule has 0 aliphatic carbocycles. The molecule has 3 aromatic rings. The van der Waals surface area contributed by atoms with E-state index in [2.05, 4.69) is 0 Å². The Bertz CT molecular complexity index is 1100. The molecule has 0 fully saturated rings. The molecular formula is C20H20O6. The fourth-order valence-electron chi connectivity index (χ4n) is 3.56. The Morgan fingerprint density at radius 1 is 1.23 bits per heavy atom. The molecule has 4 rings (SSSR count). The van der Waals surface area contributed by atoms with Gasteiger partial charge in [0.05, 0.1) is 29.0 Å². The Labute approximate surface area is 149 Å². The molecule has 1 atom stereocenters. The second-order valence-electron chi connectivity index (χ2n) is 7.30. The fraction of sp³-hybridized carbons (Fsp3) is 0.350. The number of rotatable bonds is 2. The van der Waals surface area contributed by atoms with E-state index in [1.807, 2.05) is 13.0 Å². The maximum atomic E-state index is 12.6. The number of hydrogen-bond acceptors (Lipinski definition) is 6. The number of phenols is 1. The van der Waals surface area contributed by atoms with Crippen molar-refractivity contribution < 1.29 is 24.1 Å². The molecule has 0 amide bonds. The predicted molar refractivity (Wildman–Crippen MR) is 97.4 cm³/mol. The number of benzene rings is 2. The Balaban J connectivity index is 2.09. The molecule has 26 heavy (non-hydrogen) atoms. The molecule has 2 aromatic carbocycles. The SMILES string of the molecule is COc1cc(O)c2c(c1)cc(C)c1c3c(c(=O)oc12)CC(C(C)(C)O)O3. The highest BCUT2D eigenvalue weighted by Crippen LogP contribution is 2.43. The van der Waals surface area contributed by atoms with Gasteiger partial charge in [-0.25, -0.2) is 4.79 Å². The van der Waals surface area contributed by atoms with Crippen LogP contribution in [0.4, 0.5) is 0 Å². The van der Waals surface area contributed by atoms with Crippen LogP contribution in [-0.2, 0) is 6.42 Å². The summed E-state index contributed by atoms with van der Waals surface area (Å²) in [6.07, 6.45) is -0.256. The Morgan fingerprint density at radius 2 is 1.96 bits per heavy atom. The van der Waals surface area contributed by atoms with Gasteiger partial charge in [-0.2, -0.15) is 0 Å². The second-order valence-corrected chi connectivity index (χ2v) is 7.30. The second kappa shape index (κ2) is 5.38. The van der Waals surface area contributed by atoms with E-state index in [0.717, 1.165) is 5.56 Å². The molecule has 0 saturated heterocycles. The quantitative estimate of drug-likeness (QED) is 0.542. The van der Waals surface area contributed by atoms with Gasteiger partial charge in [0.1, 0.15) is 23.4 Å². The van der Waals surface area contributed by atoms with Crippen LogP contribution in [0.1, 0.15) is 25.0 Å². The molecule has 1 aromatic heterocycles. The van der Waals surface area contributed by atoms with Crippen molar-refractivity contribution in [1.82, 2.24) is 0 Å². The fourth-order valence-corrected chi connectivity index (χ4v) is 3.56. The third-order valence-corrected chi connectivity index (χ3v) is 4.96. The summed E-state index contributed by atoms with van der Waals surface area (Å²) >= 11 is 0. The molecule has 0 bridgehead atoms. The summed E-state index contributed by atoms with van der Waals surface area (Å²) in [6, 6.07) is 5.14. The van der Waals surface area contributed by atoms with Crippen molar-refractivity contribution in [2.45, 2.75) is 38.9 Å². The van der Waals surface area contributed by atoms with Crippen LogP contribution in [0.15, 0.2) is 27.4 Å².